The molecule has 1 atom stereocenters. The van der Waals surface area contributed by atoms with Crippen molar-refractivity contribution in [2.45, 2.75) is 39.3 Å². The van der Waals surface area contributed by atoms with E-state index < -0.39 is 0 Å². The Bertz CT molecular complexity index is 371. The highest BCUT2D eigenvalue weighted by Gasteiger charge is 2.23. The molecule has 3 nitrogen and oxygen atoms in total. The zero-order valence-corrected chi connectivity index (χ0v) is 11.9. The van der Waals surface area contributed by atoms with Gasteiger partial charge in [0.25, 0.3) is 0 Å². The molecule has 18 heavy (non-hydrogen) atoms. The van der Waals surface area contributed by atoms with Crippen molar-refractivity contribution < 1.29 is 9.84 Å². The molecule has 0 aliphatic carbocycles. The molecular weight excluding hydrogens is 226 g/mol. The van der Waals surface area contributed by atoms with Gasteiger partial charge < -0.3 is 15.2 Å². The molecule has 1 rings (SSSR count). The minimum Gasteiger partial charge on any atom is -0.396 e. The van der Waals surface area contributed by atoms with Gasteiger partial charge in [0.05, 0.1) is 6.61 Å². The predicted molar refractivity (Wildman–Crippen MR) is 74.7 cm³/mol. The lowest BCUT2D eigenvalue weighted by Gasteiger charge is -2.30. The summed E-state index contributed by atoms with van der Waals surface area (Å²) in [6.45, 7) is 7.91. The molecule has 0 heterocycles. The van der Waals surface area contributed by atoms with E-state index >= 15 is 0 Å². The van der Waals surface area contributed by atoms with E-state index in [1.165, 1.54) is 16.7 Å². The van der Waals surface area contributed by atoms with E-state index in [9.17, 15) is 0 Å². The van der Waals surface area contributed by atoms with Crippen molar-refractivity contribution in [3.63, 3.8) is 0 Å². The fourth-order valence-corrected chi connectivity index (χ4v) is 2.09. The molecule has 0 aliphatic rings. The SMILES string of the molecule is COCC(C)(CCO)NCc1cccc(C)c1C. The fourth-order valence-electron chi connectivity index (χ4n) is 2.09. The molecule has 0 aliphatic heterocycles. The summed E-state index contributed by atoms with van der Waals surface area (Å²) in [4.78, 5) is 0. The van der Waals surface area contributed by atoms with Crippen LogP contribution in [0.3, 0.4) is 0 Å². The van der Waals surface area contributed by atoms with Gasteiger partial charge in [-0.05, 0) is 43.9 Å². The van der Waals surface area contributed by atoms with Crippen LogP contribution in [0.1, 0.15) is 30.0 Å². The van der Waals surface area contributed by atoms with Crippen LogP contribution in [0, 0.1) is 13.8 Å². The third kappa shape index (κ3) is 4.09. The van der Waals surface area contributed by atoms with E-state index in [0.717, 1.165) is 6.54 Å². The van der Waals surface area contributed by atoms with Crippen molar-refractivity contribution in [3.8, 4) is 0 Å². The molecule has 1 aromatic carbocycles. The fraction of sp³-hybridized carbons (Fsp3) is 0.600. The molecular formula is C15H25NO2. The quantitative estimate of drug-likeness (QED) is 0.780. The third-order valence-electron chi connectivity index (χ3n) is 3.55. The summed E-state index contributed by atoms with van der Waals surface area (Å²) in [5.74, 6) is 0. The Morgan fingerprint density at radius 1 is 1.33 bits per heavy atom. The largest absolute Gasteiger partial charge is 0.396 e. The highest BCUT2D eigenvalue weighted by Crippen LogP contribution is 2.15. The van der Waals surface area contributed by atoms with Crippen molar-refractivity contribution in [3.05, 3.63) is 34.9 Å². The van der Waals surface area contributed by atoms with Gasteiger partial charge in [-0.2, -0.15) is 0 Å². The minimum absolute atomic E-state index is 0.166. The van der Waals surface area contributed by atoms with Crippen LogP contribution in [-0.2, 0) is 11.3 Å². The normalized spacial score (nSPS) is 14.5. The van der Waals surface area contributed by atoms with E-state index in [-0.39, 0.29) is 12.1 Å². The molecule has 0 spiro atoms. The van der Waals surface area contributed by atoms with Gasteiger partial charge in [-0.3, -0.25) is 0 Å². The standard InChI is InChI=1S/C15H25NO2/c1-12-6-5-7-14(13(12)2)10-16-15(3,8-9-17)11-18-4/h5-7,16-17H,8-11H2,1-4H3. The van der Waals surface area contributed by atoms with Crippen LogP contribution in [0.15, 0.2) is 18.2 Å². The van der Waals surface area contributed by atoms with Crippen LogP contribution >= 0.6 is 0 Å². The van der Waals surface area contributed by atoms with E-state index in [1.807, 2.05) is 0 Å². The lowest BCUT2D eigenvalue weighted by molar-refractivity contribution is 0.0969. The van der Waals surface area contributed by atoms with Crippen LogP contribution in [0.5, 0.6) is 0 Å². The van der Waals surface area contributed by atoms with Crippen molar-refractivity contribution >= 4 is 0 Å². The number of nitrogens with one attached hydrogen (secondary N) is 1. The molecule has 1 unspecified atom stereocenters. The highest BCUT2D eigenvalue weighted by atomic mass is 16.5. The minimum atomic E-state index is -0.181. The summed E-state index contributed by atoms with van der Waals surface area (Å²) >= 11 is 0. The lowest BCUT2D eigenvalue weighted by Crippen LogP contribution is -2.46. The van der Waals surface area contributed by atoms with Crippen molar-refractivity contribution in [1.29, 1.82) is 0 Å². The van der Waals surface area contributed by atoms with Gasteiger partial charge in [-0.15, -0.1) is 0 Å². The summed E-state index contributed by atoms with van der Waals surface area (Å²) in [7, 11) is 1.69. The molecule has 2 N–H and O–H groups in total. The first-order valence-corrected chi connectivity index (χ1v) is 6.42. The molecule has 0 saturated carbocycles. The Kier molecular flexibility index (Phi) is 5.79. The summed E-state index contributed by atoms with van der Waals surface area (Å²) in [6.07, 6.45) is 0.686. The molecule has 102 valence electrons. The van der Waals surface area contributed by atoms with Gasteiger partial charge in [0.15, 0.2) is 0 Å². The van der Waals surface area contributed by atoms with Gasteiger partial charge in [-0.25, -0.2) is 0 Å². The van der Waals surface area contributed by atoms with Crippen LogP contribution in [0.4, 0.5) is 0 Å². The number of benzene rings is 1. The maximum absolute atomic E-state index is 9.13. The number of aliphatic hydroxyl groups excluding tert-OH is 1. The van der Waals surface area contributed by atoms with Gasteiger partial charge in [0.2, 0.25) is 0 Å². The Labute approximate surface area is 110 Å². The topological polar surface area (TPSA) is 41.5 Å². The maximum atomic E-state index is 9.13. The number of hydrogen-bond acceptors (Lipinski definition) is 3. The van der Waals surface area contributed by atoms with Gasteiger partial charge >= 0.3 is 0 Å². The van der Waals surface area contributed by atoms with Crippen LogP contribution < -0.4 is 5.32 Å². The first-order chi connectivity index (χ1) is 8.52. The second-order valence-electron chi connectivity index (χ2n) is 5.18. The molecule has 0 aromatic heterocycles. The second kappa shape index (κ2) is 6.88. The number of hydrogen-bond donors (Lipinski definition) is 2. The van der Waals surface area contributed by atoms with Crippen molar-refractivity contribution in [2.75, 3.05) is 20.3 Å². The number of ether oxygens (including phenoxy) is 1. The highest BCUT2D eigenvalue weighted by molar-refractivity contribution is 5.33. The van der Waals surface area contributed by atoms with Crippen LogP contribution in [0.2, 0.25) is 0 Å². The molecule has 0 radical (unpaired) electrons. The second-order valence-corrected chi connectivity index (χ2v) is 5.18. The number of aliphatic hydroxyl groups is 1. The Balaban J connectivity index is 2.69. The van der Waals surface area contributed by atoms with Gasteiger partial charge in [-0.1, -0.05) is 18.2 Å². The van der Waals surface area contributed by atoms with Crippen LogP contribution in [0.25, 0.3) is 0 Å². The molecule has 0 bridgehead atoms. The third-order valence-corrected chi connectivity index (χ3v) is 3.55. The Hall–Kier alpha value is -0.900. The molecule has 0 amide bonds. The summed E-state index contributed by atoms with van der Waals surface area (Å²) in [5.41, 5.74) is 3.76. The van der Waals surface area contributed by atoms with Crippen LogP contribution in [-0.4, -0.2) is 31.0 Å². The van der Waals surface area contributed by atoms with E-state index in [0.29, 0.717) is 13.0 Å². The first-order valence-electron chi connectivity index (χ1n) is 6.42. The molecule has 3 heteroatoms. The summed E-state index contributed by atoms with van der Waals surface area (Å²) in [6, 6.07) is 6.35. The van der Waals surface area contributed by atoms with E-state index in [2.05, 4.69) is 44.3 Å². The Morgan fingerprint density at radius 3 is 2.67 bits per heavy atom. The number of rotatable bonds is 7. The average Bonchev–Trinajstić information content (AvgIpc) is 2.32. The first kappa shape index (κ1) is 15.2. The van der Waals surface area contributed by atoms with Crippen molar-refractivity contribution in [2.24, 2.45) is 0 Å². The van der Waals surface area contributed by atoms with E-state index in [4.69, 9.17) is 9.84 Å². The number of methoxy groups -OCH3 is 1. The van der Waals surface area contributed by atoms with E-state index in [1.54, 1.807) is 7.11 Å². The van der Waals surface area contributed by atoms with Crippen molar-refractivity contribution in [1.82, 2.24) is 5.32 Å². The zero-order chi connectivity index (χ0) is 13.6. The zero-order valence-electron chi connectivity index (χ0n) is 11.9. The average molecular weight is 251 g/mol. The van der Waals surface area contributed by atoms with Gasteiger partial charge in [0, 0.05) is 25.8 Å². The molecule has 0 saturated heterocycles. The lowest BCUT2D eigenvalue weighted by atomic mass is 9.97. The number of aryl methyl sites for hydroxylation is 1. The smallest absolute Gasteiger partial charge is 0.0642 e. The summed E-state index contributed by atoms with van der Waals surface area (Å²) < 4.78 is 5.23. The Morgan fingerprint density at radius 2 is 2.06 bits per heavy atom. The predicted octanol–water partition coefficient (Wildman–Crippen LogP) is 2.18. The maximum Gasteiger partial charge on any atom is 0.0642 e. The van der Waals surface area contributed by atoms with Gasteiger partial charge in [0.1, 0.15) is 0 Å². The summed E-state index contributed by atoms with van der Waals surface area (Å²) in [5, 5.41) is 12.6. The molecule has 0 fully saturated rings. The monoisotopic (exact) mass is 251 g/mol. The molecule has 1 aromatic rings.